The first-order chi connectivity index (χ1) is 12.7. The van der Waals surface area contributed by atoms with Crippen molar-refractivity contribution in [2.45, 2.75) is 39.2 Å². The number of hydrogen-bond donors (Lipinski definition) is 2. The highest BCUT2D eigenvalue weighted by molar-refractivity contribution is 7.91. The summed E-state index contributed by atoms with van der Waals surface area (Å²) < 4.78 is 23.2. The number of amides is 1. The Morgan fingerprint density at radius 3 is 2.48 bits per heavy atom. The minimum atomic E-state index is -3.00. The molecular formula is C19H24N4O3S. The summed E-state index contributed by atoms with van der Waals surface area (Å²) in [6.07, 6.45) is 0.517. The van der Waals surface area contributed by atoms with Crippen molar-refractivity contribution in [1.29, 1.82) is 0 Å². The van der Waals surface area contributed by atoms with Gasteiger partial charge in [0.15, 0.2) is 9.84 Å². The quantitative estimate of drug-likeness (QED) is 0.817. The number of sulfone groups is 1. The van der Waals surface area contributed by atoms with Gasteiger partial charge in [-0.1, -0.05) is 26.0 Å². The van der Waals surface area contributed by atoms with Crippen molar-refractivity contribution in [2.24, 2.45) is 0 Å². The molecule has 1 saturated heterocycles. The SMILES string of the molecule is Cc1cc(C(=O)Nc2ccc(C(C)C)cc2)nc(NC2CCS(=O)(=O)C2)n1. The van der Waals surface area contributed by atoms with E-state index in [1.54, 1.807) is 13.0 Å². The van der Waals surface area contributed by atoms with Crippen molar-refractivity contribution in [2.75, 3.05) is 22.1 Å². The molecule has 1 aliphatic rings. The van der Waals surface area contributed by atoms with Crippen LogP contribution in [0.15, 0.2) is 30.3 Å². The van der Waals surface area contributed by atoms with Gasteiger partial charge < -0.3 is 10.6 Å². The molecule has 1 aliphatic heterocycles. The van der Waals surface area contributed by atoms with Crippen LogP contribution in [-0.2, 0) is 9.84 Å². The molecule has 1 aromatic heterocycles. The van der Waals surface area contributed by atoms with Gasteiger partial charge in [0.25, 0.3) is 5.91 Å². The Labute approximate surface area is 159 Å². The molecule has 0 saturated carbocycles. The van der Waals surface area contributed by atoms with Crippen LogP contribution in [0.1, 0.15) is 47.9 Å². The molecule has 2 aromatic rings. The van der Waals surface area contributed by atoms with Crippen LogP contribution >= 0.6 is 0 Å². The fraction of sp³-hybridized carbons (Fsp3) is 0.421. The lowest BCUT2D eigenvalue weighted by Crippen LogP contribution is -2.23. The second-order valence-corrected chi connectivity index (χ2v) is 9.42. The number of carbonyl (C=O) groups excluding carboxylic acids is 1. The van der Waals surface area contributed by atoms with Crippen molar-refractivity contribution in [3.8, 4) is 0 Å². The molecule has 1 amide bonds. The van der Waals surface area contributed by atoms with E-state index in [-0.39, 0.29) is 35.1 Å². The standard InChI is InChI=1S/C19H24N4O3S/c1-12(2)14-4-6-15(7-5-14)21-18(24)17-10-13(3)20-19(23-17)22-16-8-9-27(25,26)11-16/h4-7,10,12,16H,8-9,11H2,1-3H3,(H,21,24)(H,20,22,23). The first-order valence-electron chi connectivity index (χ1n) is 8.96. The van der Waals surface area contributed by atoms with Gasteiger partial charge in [0.05, 0.1) is 11.5 Å². The number of hydrogen-bond acceptors (Lipinski definition) is 6. The van der Waals surface area contributed by atoms with E-state index in [2.05, 4.69) is 34.4 Å². The molecule has 0 bridgehead atoms. The number of nitrogens with one attached hydrogen (secondary N) is 2. The molecule has 1 fully saturated rings. The smallest absolute Gasteiger partial charge is 0.274 e. The molecule has 7 nitrogen and oxygen atoms in total. The molecule has 144 valence electrons. The predicted molar refractivity (Wildman–Crippen MR) is 106 cm³/mol. The van der Waals surface area contributed by atoms with E-state index in [9.17, 15) is 13.2 Å². The number of rotatable bonds is 5. The lowest BCUT2D eigenvalue weighted by atomic mass is 10.0. The third-order valence-corrected chi connectivity index (χ3v) is 6.26. The van der Waals surface area contributed by atoms with Crippen molar-refractivity contribution in [3.63, 3.8) is 0 Å². The minimum absolute atomic E-state index is 0.0635. The summed E-state index contributed by atoms with van der Waals surface area (Å²) in [4.78, 5) is 21.1. The zero-order valence-corrected chi connectivity index (χ0v) is 16.5. The first kappa shape index (κ1) is 19.3. The molecule has 8 heteroatoms. The maximum absolute atomic E-state index is 12.6. The van der Waals surface area contributed by atoms with Gasteiger partial charge in [-0.05, 0) is 43.0 Å². The molecule has 27 heavy (non-hydrogen) atoms. The zero-order chi connectivity index (χ0) is 19.6. The molecule has 3 rings (SSSR count). The van der Waals surface area contributed by atoms with Crippen molar-refractivity contribution < 1.29 is 13.2 Å². The molecule has 2 N–H and O–H groups in total. The van der Waals surface area contributed by atoms with Crippen LogP contribution in [0.25, 0.3) is 0 Å². The second-order valence-electron chi connectivity index (χ2n) is 7.19. The normalized spacial score (nSPS) is 18.4. The molecule has 0 radical (unpaired) electrons. The van der Waals surface area contributed by atoms with Crippen LogP contribution in [0.5, 0.6) is 0 Å². The number of carbonyl (C=O) groups is 1. The molecule has 0 spiro atoms. The molecule has 1 atom stereocenters. The fourth-order valence-corrected chi connectivity index (χ4v) is 4.66. The Bertz CT molecular complexity index is 940. The van der Waals surface area contributed by atoms with E-state index in [0.717, 1.165) is 0 Å². The summed E-state index contributed by atoms with van der Waals surface area (Å²) in [7, 11) is -3.00. The average Bonchev–Trinajstić information content (AvgIpc) is 2.93. The van der Waals surface area contributed by atoms with E-state index in [1.165, 1.54) is 5.56 Å². The number of anilines is 2. The van der Waals surface area contributed by atoms with Gasteiger partial charge in [-0.25, -0.2) is 18.4 Å². The Hall–Kier alpha value is -2.48. The van der Waals surface area contributed by atoms with Crippen molar-refractivity contribution >= 4 is 27.4 Å². The van der Waals surface area contributed by atoms with Crippen LogP contribution in [0.4, 0.5) is 11.6 Å². The van der Waals surface area contributed by atoms with E-state index in [4.69, 9.17) is 0 Å². The molecule has 1 aromatic carbocycles. The van der Waals surface area contributed by atoms with Gasteiger partial charge in [-0.3, -0.25) is 4.79 Å². The van der Waals surface area contributed by atoms with Gasteiger partial charge in [0.1, 0.15) is 5.69 Å². The number of aryl methyl sites for hydroxylation is 1. The van der Waals surface area contributed by atoms with Crippen molar-refractivity contribution in [3.05, 3.63) is 47.3 Å². The number of benzene rings is 1. The molecule has 1 unspecified atom stereocenters. The largest absolute Gasteiger partial charge is 0.350 e. The average molecular weight is 388 g/mol. The highest BCUT2D eigenvalue weighted by atomic mass is 32.2. The van der Waals surface area contributed by atoms with Crippen LogP contribution in [0.2, 0.25) is 0 Å². The van der Waals surface area contributed by atoms with Gasteiger partial charge in [-0.15, -0.1) is 0 Å². The fourth-order valence-electron chi connectivity index (χ4n) is 2.99. The summed E-state index contributed by atoms with van der Waals surface area (Å²) in [5, 5.41) is 5.87. The van der Waals surface area contributed by atoms with Gasteiger partial charge in [0, 0.05) is 17.4 Å². The highest BCUT2D eigenvalue weighted by Gasteiger charge is 2.28. The zero-order valence-electron chi connectivity index (χ0n) is 15.7. The van der Waals surface area contributed by atoms with Crippen LogP contribution in [0.3, 0.4) is 0 Å². The number of aromatic nitrogens is 2. The topological polar surface area (TPSA) is 101 Å². The Morgan fingerprint density at radius 2 is 1.89 bits per heavy atom. The van der Waals surface area contributed by atoms with Crippen LogP contribution in [0, 0.1) is 6.92 Å². The maximum atomic E-state index is 12.6. The summed E-state index contributed by atoms with van der Waals surface area (Å²) in [5.74, 6) is 0.592. The Balaban J connectivity index is 1.72. The monoisotopic (exact) mass is 388 g/mol. The van der Waals surface area contributed by atoms with Crippen molar-refractivity contribution in [1.82, 2.24) is 9.97 Å². The molecule has 0 aliphatic carbocycles. The van der Waals surface area contributed by atoms with Gasteiger partial charge >= 0.3 is 0 Å². The molecular weight excluding hydrogens is 364 g/mol. The third kappa shape index (κ3) is 5.03. The van der Waals surface area contributed by atoms with E-state index in [0.29, 0.717) is 23.7 Å². The van der Waals surface area contributed by atoms with E-state index >= 15 is 0 Å². The Morgan fingerprint density at radius 1 is 1.19 bits per heavy atom. The van der Waals surface area contributed by atoms with Gasteiger partial charge in [0.2, 0.25) is 5.95 Å². The van der Waals surface area contributed by atoms with E-state index in [1.807, 2.05) is 24.3 Å². The summed E-state index contributed by atoms with van der Waals surface area (Å²) in [6, 6.07) is 9.08. The predicted octanol–water partition coefficient (Wildman–Crippen LogP) is 2.76. The summed E-state index contributed by atoms with van der Waals surface area (Å²) >= 11 is 0. The van der Waals surface area contributed by atoms with Gasteiger partial charge in [-0.2, -0.15) is 0 Å². The minimum Gasteiger partial charge on any atom is -0.350 e. The first-order valence-corrected chi connectivity index (χ1v) is 10.8. The van der Waals surface area contributed by atoms with Crippen LogP contribution < -0.4 is 10.6 Å². The molecule has 2 heterocycles. The lowest BCUT2D eigenvalue weighted by Gasteiger charge is -2.13. The highest BCUT2D eigenvalue weighted by Crippen LogP contribution is 2.19. The summed E-state index contributed by atoms with van der Waals surface area (Å²) in [5.41, 5.74) is 2.76. The lowest BCUT2D eigenvalue weighted by molar-refractivity contribution is 0.102. The Kier molecular flexibility index (Phi) is 5.46. The second kappa shape index (κ2) is 7.64. The summed E-state index contributed by atoms with van der Waals surface area (Å²) in [6.45, 7) is 6.00. The van der Waals surface area contributed by atoms with E-state index < -0.39 is 9.84 Å². The van der Waals surface area contributed by atoms with Crippen LogP contribution in [-0.4, -0.2) is 41.8 Å². The number of nitrogens with zero attached hydrogens (tertiary/aromatic N) is 2. The third-order valence-electron chi connectivity index (χ3n) is 4.49. The maximum Gasteiger partial charge on any atom is 0.274 e.